The van der Waals surface area contributed by atoms with Crippen LogP contribution in [0.15, 0.2) is 212 Å². The van der Waals surface area contributed by atoms with Gasteiger partial charge in [0.1, 0.15) is 0 Å². The zero-order valence-electron chi connectivity index (χ0n) is 29.6. The van der Waals surface area contributed by atoms with E-state index in [1.54, 1.807) is 0 Å². The normalized spacial score (nSPS) is 11.3. The Morgan fingerprint density at radius 3 is 1.46 bits per heavy atom. The maximum Gasteiger partial charge on any atom is 0.0547 e. The van der Waals surface area contributed by atoms with Crippen LogP contribution in [0.2, 0.25) is 0 Å². The van der Waals surface area contributed by atoms with E-state index in [0.29, 0.717) is 0 Å². The van der Waals surface area contributed by atoms with Crippen molar-refractivity contribution < 1.29 is 0 Å². The number of nitrogens with zero attached hydrogens (tertiary/aromatic N) is 1. The van der Waals surface area contributed by atoms with Gasteiger partial charge in [-0.2, -0.15) is 0 Å². The highest BCUT2D eigenvalue weighted by molar-refractivity contribution is 7.26. The summed E-state index contributed by atoms with van der Waals surface area (Å²) in [6.45, 7) is 0. The smallest absolute Gasteiger partial charge is 0.0547 e. The van der Waals surface area contributed by atoms with Gasteiger partial charge in [0.15, 0.2) is 0 Å². The van der Waals surface area contributed by atoms with E-state index in [1.807, 2.05) is 11.3 Å². The Morgan fingerprint density at radius 2 is 0.815 bits per heavy atom. The molecule has 254 valence electrons. The first kappa shape index (κ1) is 32.0. The van der Waals surface area contributed by atoms with Gasteiger partial charge >= 0.3 is 0 Å². The SMILES string of the molecule is c1ccc(-c2ccc(-c3ccc(N(c4cccc(-c5ccccc5)c4)c4cc5c(sc6cccc(-c7ccccc7)c65)c5ccccc45)cc3)cc2)cc1. The van der Waals surface area contributed by atoms with Crippen molar-refractivity contribution in [3.63, 3.8) is 0 Å². The summed E-state index contributed by atoms with van der Waals surface area (Å²) in [7, 11) is 0. The van der Waals surface area contributed by atoms with E-state index in [-0.39, 0.29) is 0 Å². The molecule has 2 heteroatoms. The van der Waals surface area contributed by atoms with Gasteiger partial charge in [-0.1, -0.05) is 176 Å². The van der Waals surface area contributed by atoms with E-state index >= 15 is 0 Å². The minimum absolute atomic E-state index is 1.11. The number of benzene rings is 9. The molecular weight excluding hydrogens is 671 g/mol. The predicted molar refractivity (Wildman–Crippen MR) is 233 cm³/mol. The van der Waals surface area contributed by atoms with Crippen molar-refractivity contribution in [3.05, 3.63) is 212 Å². The molecule has 0 atom stereocenters. The number of rotatable bonds is 7. The van der Waals surface area contributed by atoms with Crippen LogP contribution in [0.5, 0.6) is 0 Å². The largest absolute Gasteiger partial charge is 0.310 e. The molecule has 1 aromatic heterocycles. The van der Waals surface area contributed by atoms with Gasteiger partial charge < -0.3 is 4.90 Å². The number of fused-ring (bicyclic) bond motifs is 5. The number of hydrogen-bond acceptors (Lipinski definition) is 2. The van der Waals surface area contributed by atoms with Crippen LogP contribution in [-0.4, -0.2) is 0 Å². The maximum atomic E-state index is 2.45. The molecule has 0 fully saturated rings. The molecule has 1 nitrogen and oxygen atoms in total. The Balaban J connectivity index is 1.17. The first-order valence-corrected chi connectivity index (χ1v) is 19.2. The molecule has 0 spiro atoms. The van der Waals surface area contributed by atoms with Gasteiger partial charge in [-0.05, 0) is 80.9 Å². The first-order valence-electron chi connectivity index (χ1n) is 18.4. The van der Waals surface area contributed by atoms with E-state index in [2.05, 4.69) is 217 Å². The second kappa shape index (κ2) is 13.7. The lowest BCUT2D eigenvalue weighted by molar-refractivity contribution is 1.30. The lowest BCUT2D eigenvalue weighted by Gasteiger charge is -2.28. The van der Waals surface area contributed by atoms with Gasteiger partial charge in [-0.3, -0.25) is 0 Å². The Bertz CT molecular complexity index is 2890. The molecule has 0 saturated carbocycles. The third-order valence-electron chi connectivity index (χ3n) is 10.5. The van der Waals surface area contributed by atoms with Gasteiger partial charge in [0.05, 0.1) is 5.69 Å². The summed E-state index contributed by atoms with van der Waals surface area (Å²) in [4.78, 5) is 2.45. The molecule has 0 saturated heterocycles. The van der Waals surface area contributed by atoms with Gasteiger partial charge in [0.25, 0.3) is 0 Å². The van der Waals surface area contributed by atoms with E-state index < -0.39 is 0 Å². The fourth-order valence-corrected chi connectivity index (χ4v) is 9.09. The fraction of sp³-hybridized carbons (Fsp3) is 0. The van der Waals surface area contributed by atoms with Gasteiger partial charge in [-0.25, -0.2) is 0 Å². The molecule has 0 unspecified atom stereocenters. The van der Waals surface area contributed by atoms with Crippen molar-refractivity contribution in [2.75, 3.05) is 4.90 Å². The quantitative estimate of drug-likeness (QED) is 0.160. The first-order chi connectivity index (χ1) is 26.8. The maximum absolute atomic E-state index is 2.45. The van der Waals surface area contributed by atoms with Crippen molar-refractivity contribution in [2.45, 2.75) is 0 Å². The van der Waals surface area contributed by atoms with Crippen LogP contribution in [0.25, 0.3) is 75.5 Å². The minimum Gasteiger partial charge on any atom is -0.310 e. The van der Waals surface area contributed by atoms with Crippen LogP contribution in [-0.2, 0) is 0 Å². The van der Waals surface area contributed by atoms with Crippen LogP contribution in [0.3, 0.4) is 0 Å². The monoisotopic (exact) mass is 705 g/mol. The Hall–Kier alpha value is -6.74. The number of thiophene rings is 1. The van der Waals surface area contributed by atoms with Crippen molar-refractivity contribution in [1.82, 2.24) is 0 Å². The lowest BCUT2D eigenvalue weighted by atomic mass is 9.96. The van der Waals surface area contributed by atoms with Crippen molar-refractivity contribution in [2.24, 2.45) is 0 Å². The standard InChI is InChI=1S/C52H35NS/c1-4-14-36(15-5-1)38-26-28-39(29-27-38)40-30-32-43(33-31-40)53(44-21-12-20-42(34-44)37-16-6-2-7-17-37)49-35-48-51-45(41-18-8-3-9-19-41)24-13-25-50(51)54-52(48)47-23-11-10-22-46(47)49/h1-35H. The predicted octanol–water partition coefficient (Wildman–Crippen LogP) is 15.3. The molecular formula is C52H35NS. The van der Waals surface area contributed by atoms with Gasteiger partial charge in [-0.15, -0.1) is 11.3 Å². The van der Waals surface area contributed by atoms with Gasteiger partial charge in [0.2, 0.25) is 0 Å². The molecule has 0 aliphatic rings. The average molecular weight is 706 g/mol. The van der Waals surface area contributed by atoms with Crippen LogP contribution >= 0.6 is 11.3 Å². The number of anilines is 3. The summed E-state index contributed by atoms with van der Waals surface area (Å²) in [5.41, 5.74) is 13.1. The van der Waals surface area contributed by atoms with E-state index in [0.717, 1.165) is 17.1 Å². The Labute approximate surface area is 319 Å². The Morgan fingerprint density at radius 1 is 0.315 bits per heavy atom. The third kappa shape index (κ3) is 5.74. The molecule has 0 N–H and O–H groups in total. The zero-order chi connectivity index (χ0) is 35.8. The topological polar surface area (TPSA) is 3.24 Å². The van der Waals surface area contributed by atoms with Crippen LogP contribution in [0, 0.1) is 0 Å². The third-order valence-corrected chi connectivity index (χ3v) is 11.7. The average Bonchev–Trinajstić information content (AvgIpc) is 3.64. The molecule has 0 radical (unpaired) electrons. The van der Waals surface area contributed by atoms with Crippen LogP contribution in [0.4, 0.5) is 17.1 Å². The van der Waals surface area contributed by atoms with Crippen molar-refractivity contribution in [3.8, 4) is 44.5 Å². The second-order valence-electron chi connectivity index (χ2n) is 13.7. The summed E-state index contributed by atoms with van der Waals surface area (Å²) in [5, 5.41) is 5.08. The zero-order valence-corrected chi connectivity index (χ0v) is 30.4. The van der Waals surface area contributed by atoms with Crippen LogP contribution < -0.4 is 4.90 Å². The van der Waals surface area contributed by atoms with Crippen molar-refractivity contribution in [1.29, 1.82) is 0 Å². The summed E-state index contributed by atoms with van der Waals surface area (Å²) >= 11 is 1.89. The molecule has 0 aliphatic carbocycles. The molecule has 10 rings (SSSR count). The summed E-state index contributed by atoms with van der Waals surface area (Å²) < 4.78 is 2.62. The van der Waals surface area contributed by atoms with Crippen molar-refractivity contribution >= 4 is 59.3 Å². The van der Waals surface area contributed by atoms with E-state index in [1.165, 1.54) is 75.5 Å². The molecule has 54 heavy (non-hydrogen) atoms. The highest BCUT2D eigenvalue weighted by Gasteiger charge is 2.21. The highest BCUT2D eigenvalue weighted by atomic mass is 32.1. The van der Waals surface area contributed by atoms with E-state index in [9.17, 15) is 0 Å². The van der Waals surface area contributed by atoms with E-state index in [4.69, 9.17) is 0 Å². The fourth-order valence-electron chi connectivity index (χ4n) is 7.84. The molecule has 0 bridgehead atoms. The van der Waals surface area contributed by atoms with Gasteiger partial charge in [0, 0.05) is 42.3 Å². The summed E-state index contributed by atoms with van der Waals surface area (Å²) in [6, 6.07) is 77.0. The molecule has 10 aromatic rings. The highest BCUT2D eigenvalue weighted by Crippen LogP contribution is 2.48. The molecule has 9 aromatic carbocycles. The minimum atomic E-state index is 1.11. The number of hydrogen-bond donors (Lipinski definition) is 0. The lowest BCUT2D eigenvalue weighted by Crippen LogP contribution is -2.10. The Kier molecular flexibility index (Phi) is 8.09. The summed E-state index contributed by atoms with van der Waals surface area (Å²) in [6.07, 6.45) is 0. The summed E-state index contributed by atoms with van der Waals surface area (Å²) in [5.74, 6) is 0. The van der Waals surface area contributed by atoms with Crippen LogP contribution in [0.1, 0.15) is 0 Å². The molecule has 1 heterocycles. The molecule has 0 aliphatic heterocycles. The second-order valence-corrected chi connectivity index (χ2v) is 14.8. The molecule has 0 amide bonds.